The van der Waals surface area contributed by atoms with E-state index < -0.39 is 0 Å². The molecule has 0 saturated heterocycles. The third-order valence-corrected chi connectivity index (χ3v) is 2.42. The molecule has 0 heterocycles. The second-order valence-corrected chi connectivity index (χ2v) is 3.91. The summed E-state index contributed by atoms with van der Waals surface area (Å²) in [5.41, 5.74) is 1.10. The molecule has 15 heavy (non-hydrogen) atoms. The molecule has 2 unspecified atom stereocenters. The Morgan fingerprint density at radius 1 is 1.47 bits per heavy atom. The zero-order valence-corrected chi connectivity index (χ0v) is 9.40. The molecule has 0 fully saturated rings. The number of hydrogen-bond acceptors (Lipinski definition) is 2. The summed E-state index contributed by atoms with van der Waals surface area (Å²) in [4.78, 5) is 0. The van der Waals surface area contributed by atoms with Gasteiger partial charge in [-0.25, -0.2) is 0 Å². The van der Waals surface area contributed by atoms with Crippen molar-refractivity contribution >= 4 is 0 Å². The van der Waals surface area contributed by atoms with Gasteiger partial charge >= 0.3 is 0 Å². The van der Waals surface area contributed by atoms with Crippen LogP contribution in [0.25, 0.3) is 0 Å². The number of phenolic OH excluding ortho intramolecular Hbond substituents is 1. The van der Waals surface area contributed by atoms with Gasteiger partial charge in [0, 0.05) is 12.1 Å². The van der Waals surface area contributed by atoms with E-state index in [0.717, 1.165) is 12.0 Å². The van der Waals surface area contributed by atoms with E-state index in [2.05, 4.69) is 25.7 Å². The van der Waals surface area contributed by atoms with Crippen molar-refractivity contribution in [2.45, 2.75) is 32.4 Å². The Balaban J connectivity index is 2.60. The number of phenols is 1. The van der Waals surface area contributed by atoms with E-state index in [1.807, 2.05) is 18.2 Å². The minimum Gasteiger partial charge on any atom is -0.508 e. The lowest BCUT2D eigenvalue weighted by Crippen LogP contribution is -2.28. The highest BCUT2D eigenvalue weighted by molar-refractivity contribution is 5.29. The van der Waals surface area contributed by atoms with Crippen LogP contribution >= 0.6 is 0 Å². The number of hydrogen-bond donors (Lipinski definition) is 2. The highest BCUT2D eigenvalue weighted by Crippen LogP contribution is 2.18. The number of nitrogens with one attached hydrogen (secondary N) is 1. The molecule has 0 amide bonds. The first kappa shape index (κ1) is 11.8. The molecule has 1 aromatic rings. The molecule has 0 bridgehead atoms. The van der Waals surface area contributed by atoms with Gasteiger partial charge < -0.3 is 10.4 Å². The molecule has 0 aliphatic rings. The lowest BCUT2D eigenvalue weighted by Gasteiger charge is -2.19. The standard InChI is InChI=1S/C13H19NO/c1-4-6-10(2)14-11(3)12-7-5-8-13(15)9-12/h4-5,7-11,14-15H,1,6H2,2-3H3. The summed E-state index contributed by atoms with van der Waals surface area (Å²) >= 11 is 0. The topological polar surface area (TPSA) is 32.3 Å². The van der Waals surface area contributed by atoms with Gasteiger partial charge in [0.1, 0.15) is 5.75 Å². The van der Waals surface area contributed by atoms with E-state index in [1.54, 1.807) is 12.1 Å². The molecule has 0 aromatic heterocycles. The SMILES string of the molecule is C=CCC(C)NC(C)c1cccc(O)c1. The van der Waals surface area contributed by atoms with Gasteiger partial charge in [-0.2, -0.15) is 0 Å². The lowest BCUT2D eigenvalue weighted by molar-refractivity contribution is 0.463. The van der Waals surface area contributed by atoms with Crippen LogP contribution in [-0.4, -0.2) is 11.1 Å². The van der Waals surface area contributed by atoms with Gasteiger partial charge in [-0.05, 0) is 38.0 Å². The van der Waals surface area contributed by atoms with Crippen molar-refractivity contribution in [3.05, 3.63) is 42.5 Å². The van der Waals surface area contributed by atoms with E-state index in [1.165, 1.54) is 0 Å². The molecule has 0 aliphatic carbocycles. The van der Waals surface area contributed by atoms with Gasteiger partial charge in [-0.15, -0.1) is 6.58 Å². The molecule has 2 atom stereocenters. The minimum atomic E-state index is 0.243. The average molecular weight is 205 g/mol. The van der Waals surface area contributed by atoms with Crippen LogP contribution in [-0.2, 0) is 0 Å². The van der Waals surface area contributed by atoms with Gasteiger partial charge in [0.05, 0.1) is 0 Å². The van der Waals surface area contributed by atoms with Crippen molar-refractivity contribution in [3.8, 4) is 5.75 Å². The van der Waals surface area contributed by atoms with E-state index >= 15 is 0 Å². The highest BCUT2D eigenvalue weighted by Gasteiger charge is 2.08. The smallest absolute Gasteiger partial charge is 0.115 e. The van der Waals surface area contributed by atoms with Crippen molar-refractivity contribution in [2.24, 2.45) is 0 Å². The van der Waals surface area contributed by atoms with Crippen LogP contribution < -0.4 is 5.32 Å². The Morgan fingerprint density at radius 2 is 2.20 bits per heavy atom. The molecule has 1 rings (SSSR count). The molecule has 2 nitrogen and oxygen atoms in total. The second kappa shape index (κ2) is 5.56. The lowest BCUT2D eigenvalue weighted by atomic mass is 10.1. The fraction of sp³-hybridized carbons (Fsp3) is 0.385. The van der Waals surface area contributed by atoms with Crippen LogP contribution in [0.1, 0.15) is 31.9 Å². The molecular weight excluding hydrogens is 186 g/mol. The summed E-state index contributed by atoms with van der Waals surface area (Å²) in [7, 11) is 0. The fourth-order valence-electron chi connectivity index (χ4n) is 1.64. The first-order valence-corrected chi connectivity index (χ1v) is 5.29. The van der Waals surface area contributed by atoms with Crippen molar-refractivity contribution in [1.82, 2.24) is 5.32 Å². The number of aromatic hydroxyl groups is 1. The van der Waals surface area contributed by atoms with Crippen molar-refractivity contribution < 1.29 is 5.11 Å². The molecule has 2 N–H and O–H groups in total. The fourth-order valence-corrected chi connectivity index (χ4v) is 1.64. The zero-order chi connectivity index (χ0) is 11.3. The quantitative estimate of drug-likeness (QED) is 0.724. The summed E-state index contributed by atoms with van der Waals surface area (Å²) in [5.74, 6) is 0.317. The van der Waals surface area contributed by atoms with Crippen LogP contribution in [0.4, 0.5) is 0 Å². The van der Waals surface area contributed by atoms with Crippen LogP contribution in [0.15, 0.2) is 36.9 Å². The minimum absolute atomic E-state index is 0.243. The van der Waals surface area contributed by atoms with Crippen molar-refractivity contribution in [2.75, 3.05) is 0 Å². The van der Waals surface area contributed by atoms with E-state index in [0.29, 0.717) is 11.8 Å². The second-order valence-electron chi connectivity index (χ2n) is 3.91. The Bertz CT molecular complexity index is 322. The van der Waals surface area contributed by atoms with E-state index in [-0.39, 0.29) is 6.04 Å². The van der Waals surface area contributed by atoms with Gasteiger partial charge in [0.15, 0.2) is 0 Å². The van der Waals surface area contributed by atoms with E-state index in [9.17, 15) is 5.11 Å². The van der Waals surface area contributed by atoms with Gasteiger partial charge in [-0.1, -0.05) is 18.2 Å². The zero-order valence-electron chi connectivity index (χ0n) is 9.40. The number of rotatable bonds is 5. The Morgan fingerprint density at radius 3 is 2.80 bits per heavy atom. The largest absolute Gasteiger partial charge is 0.508 e. The van der Waals surface area contributed by atoms with Gasteiger partial charge in [0.25, 0.3) is 0 Å². The maximum Gasteiger partial charge on any atom is 0.115 e. The van der Waals surface area contributed by atoms with Crippen LogP contribution in [0.3, 0.4) is 0 Å². The Hall–Kier alpha value is -1.28. The molecule has 1 aromatic carbocycles. The molecule has 82 valence electrons. The Labute approximate surface area is 91.6 Å². The third-order valence-electron chi connectivity index (χ3n) is 2.42. The van der Waals surface area contributed by atoms with Crippen molar-refractivity contribution in [1.29, 1.82) is 0 Å². The maximum atomic E-state index is 9.36. The molecule has 0 saturated carbocycles. The van der Waals surface area contributed by atoms with E-state index in [4.69, 9.17) is 0 Å². The van der Waals surface area contributed by atoms with Crippen LogP contribution in [0.2, 0.25) is 0 Å². The molecule has 0 aliphatic heterocycles. The first-order valence-electron chi connectivity index (χ1n) is 5.29. The molecule has 0 radical (unpaired) electrons. The molecular formula is C13H19NO. The molecule has 0 spiro atoms. The van der Waals surface area contributed by atoms with Crippen LogP contribution in [0, 0.1) is 0 Å². The summed E-state index contributed by atoms with van der Waals surface area (Å²) < 4.78 is 0. The summed E-state index contributed by atoms with van der Waals surface area (Å²) in [6.07, 6.45) is 2.86. The Kier molecular flexibility index (Phi) is 4.37. The monoisotopic (exact) mass is 205 g/mol. The average Bonchev–Trinajstić information content (AvgIpc) is 2.18. The highest BCUT2D eigenvalue weighted by atomic mass is 16.3. The maximum absolute atomic E-state index is 9.36. The van der Waals surface area contributed by atoms with Gasteiger partial charge in [0.2, 0.25) is 0 Å². The predicted molar refractivity (Wildman–Crippen MR) is 63.9 cm³/mol. The van der Waals surface area contributed by atoms with Crippen LogP contribution in [0.5, 0.6) is 5.75 Å². The summed E-state index contributed by atoms with van der Waals surface area (Å²) in [6, 6.07) is 7.99. The summed E-state index contributed by atoms with van der Waals surface area (Å²) in [6.45, 7) is 7.93. The van der Waals surface area contributed by atoms with Crippen molar-refractivity contribution in [3.63, 3.8) is 0 Å². The third kappa shape index (κ3) is 3.76. The first-order chi connectivity index (χ1) is 7.13. The van der Waals surface area contributed by atoms with Gasteiger partial charge in [-0.3, -0.25) is 0 Å². The normalized spacial score (nSPS) is 14.5. The summed E-state index contributed by atoms with van der Waals surface area (Å²) in [5, 5.41) is 12.8. The number of benzene rings is 1. The molecule has 2 heteroatoms. The predicted octanol–water partition coefficient (Wildman–Crippen LogP) is 3.01.